The Morgan fingerprint density at radius 1 is 1.22 bits per heavy atom. The van der Waals surface area contributed by atoms with Crippen molar-refractivity contribution in [3.8, 4) is 0 Å². The van der Waals surface area contributed by atoms with Crippen molar-refractivity contribution in [3.63, 3.8) is 0 Å². The quantitative estimate of drug-likeness (QED) is 0.836. The Bertz CT molecular complexity index is 646. The maximum absolute atomic E-state index is 13.2. The minimum atomic E-state index is -4.13. The topological polar surface area (TPSA) is 69.7 Å². The summed E-state index contributed by atoms with van der Waals surface area (Å²) in [6.45, 7) is 1.93. The molecule has 1 aromatic rings. The van der Waals surface area contributed by atoms with Crippen LogP contribution in [0.25, 0.3) is 0 Å². The minimum absolute atomic E-state index is 0. The van der Waals surface area contributed by atoms with Gasteiger partial charge in [-0.15, -0.1) is 12.4 Å². The maximum Gasteiger partial charge on any atom is 0.243 e. The Kier molecular flexibility index (Phi) is 6.87. The van der Waals surface area contributed by atoms with E-state index in [4.69, 9.17) is 0 Å². The fraction of sp³-hybridized carbons (Fsp3) is 0.462. The molecule has 0 spiro atoms. The van der Waals surface area contributed by atoms with E-state index < -0.39 is 26.6 Å². The third-order valence-electron chi connectivity index (χ3n) is 3.37. The molecule has 0 radical (unpaired) electrons. The fourth-order valence-electron chi connectivity index (χ4n) is 2.15. The lowest BCUT2D eigenvalue weighted by Gasteiger charge is -2.29. The van der Waals surface area contributed by atoms with Crippen molar-refractivity contribution in [2.24, 2.45) is 0 Å². The van der Waals surface area contributed by atoms with Crippen molar-refractivity contribution in [3.05, 3.63) is 29.8 Å². The highest BCUT2D eigenvalue weighted by atomic mass is 35.5. The molecular formula is C13H18ClF2N3O3S. The molecule has 23 heavy (non-hydrogen) atoms. The van der Waals surface area contributed by atoms with Gasteiger partial charge in [0.1, 0.15) is 11.6 Å². The molecule has 0 saturated carbocycles. The number of carbonyl (C=O) groups is 1. The van der Waals surface area contributed by atoms with Gasteiger partial charge in [0.15, 0.2) is 0 Å². The average Bonchev–Trinajstić information content (AvgIpc) is 2.47. The van der Waals surface area contributed by atoms with Crippen LogP contribution in [0.4, 0.5) is 8.78 Å². The monoisotopic (exact) mass is 369 g/mol. The van der Waals surface area contributed by atoms with Crippen LogP contribution >= 0.6 is 12.4 Å². The van der Waals surface area contributed by atoms with Gasteiger partial charge < -0.3 is 10.2 Å². The van der Waals surface area contributed by atoms with Crippen molar-refractivity contribution in [2.75, 3.05) is 39.8 Å². The molecule has 10 heteroatoms. The molecule has 1 fully saturated rings. The molecule has 1 heterocycles. The molecule has 1 saturated heterocycles. The summed E-state index contributed by atoms with van der Waals surface area (Å²) in [5.74, 6) is -2.31. The molecule has 1 amide bonds. The van der Waals surface area contributed by atoms with Gasteiger partial charge in [0.05, 0.1) is 11.4 Å². The highest BCUT2D eigenvalue weighted by Gasteiger charge is 2.26. The number of nitrogens with one attached hydrogen (secondary N) is 1. The molecule has 0 atom stereocenters. The van der Waals surface area contributed by atoms with E-state index in [9.17, 15) is 22.0 Å². The van der Waals surface area contributed by atoms with E-state index in [1.54, 1.807) is 4.90 Å². The lowest BCUT2D eigenvalue weighted by Crippen LogP contribution is -2.49. The second-order valence-electron chi connectivity index (χ2n) is 5.00. The Balaban J connectivity index is 0.00000264. The number of hydrogen-bond donors (Lipinski definition) is 1. The summed E-state index contributed by atoms with van der Waals surface area (Å²) in [6.07, 6.45) is 0. The lowest BCUT2D eigenvalue weighted by molar-refractivity contribution is -0.131. The second-order valence-corrected chi connectivity index (χ2v) is 7.04. The Labute approximate surface area is 139 Å². The van der Waals surface area contributed by atoms with Gasteiger partial charge >= 0.3 is 0 Å². The summed E-state index contributed by atoms with van der Waals surface area (Å²) >= 11 is 0. The molecule has 0 aromatic heterocycles. The number of rotatable bonds is 4. The smallest absolute Gasteiger partial charge is 0.243 e. The van der Waals surface area contributed by atoms with Crippen LogP contribution < -0.4 is 5.32 Å². The normalized spacial score (nSPS) is 15.4. The van der Waals surface area contributed by atoms with Crippen LogP contribution in [0.2, 0.25) is 0 Å². The molecule has 130 valence electrons. The first-order valence-electron chi connectivity index (χ1n) is 6.71. The predicted molar refractivity (Wildman–Crippen MR) is 82.9 cm³/mol. The van der Waals surface area contributed by atoms with Gasteiger partial charge in [-0.2, -0.15) is 4.31 Å². The van der Waals surface area contributed by atoms with E-state index in [-0.39, 0.29) is 24.9 Å². The van der Waals surface area contributed by atoms with E-state index in [1.165, 1.54) is 7.05 Å². The number of amides is 1. The van der Waals surface area contributed by atoms with Crippen LogP contribution in [0.5, 0.6) is 0 Å². The zero-order valence-electron chi connectivity index (χ0n) is 12.5. The SMILES string of the molecule is CN(CC(=O)N1CCNCC1)S(=O)(=O)c1cc(F)cc(F)c1.Cl. The second kappa shape index (κ2) is 8.00. The van der Waals surface area contributed by atoms with Gasteiger partial charge in [0, 0.05) is 39.3 Å². The standard InChI is InChI=1S/C13H17F2N3O3S.ClH/c1-17(9-13(19)18-4-2-16-3-5-18)22(20,21)12-7-10(14)6-11(15)8-12;/h6-8,16H,2-5,9H2,1H3;1H. The van der Waals surface area contributed by atoms with Crippen LogP contribution in [-0.4, -0.2) is 63.3 Å². The zero-order chi connectivity index (χ0) is 16.3. The fourth-order valence-corrected chi connectivity index (χ4v) is 3.31. The molecule has 0 unspecified atom stereocenters. The first-order chi connectivity index (χ1) is 10.3. The van der Waals surface area contributed by atoms with Gasteiger partial charge in [0.25, 0.3) is 0 Å². The van der Waals surface area contributed by atoms with Crippen LogP contribution in [0, 0.1) is 11.6 Å². The minimum Gasteiger partial charge on any atom is -0.339 e. The highest BCUT2D eigenvalue weighted by molar-refractivity contribution is 7.89. The number of piperazine rings is 1. The highest BCUT2D eigenvalue weighted by Crippen LogP contribution is 2.17. The first-order valence-corrected chi connectivity index (χ1v) is 8.15. The number of nitrogens with zero attached hydrogens (tertiary/aromatic N) is 2. The van der Waals surface area contributed by atoms with Crippen molar-refractivity contribution < 1.29 is 22.0 Å². The van der Waals surface area contributed by atoms with Gasteiger partial charge in [-0.25, -0.2) is 17.2 Å². The summed E-state index contributed by atoms with van der Waals surface area (Å²) < 4.78 is 51.7. The number of halogens is 3. The summed E-state index contributed by atoms with van der Waals surface area (Å²) in [7, 11) is -2.92. The number of benzene rings is 1. The van der Waals surface area contributed by atoms with Crippen molar-refractivity contribution in [2.45, 2.75) is 4.90 Å². The van der Waals surface area contributed by atoms with Crippen molar-refractivity contribution >= 4 is 28.3 Å². The molecule has 1 N–H and O–H groups in total. The predicted octanol–water partition coefficient (Wildman–Crippen LogP) is 0.439. The van der Waals surface area contributed by atoms with E-state index in [0.29, 0.717) is 32.2 Å². The maximum atomic E-state index is 13.2. The third kappa shape index (κ3) is 4.84. The van der Waals surface area contributed by atoms with Gasteiger partial charge in [-0.3, -0.25) is 4.79 Å². The zero-order valence-corrected chi connectivity index (χ0v) is 14.1. The first kappa shape index (κ1) is 19.8. The number of sulfonamides is 1. The molecular weight excluding hydrogens is 352 g/mol. The molecule has 0 aliphatic carbocycles. The van der Waals surface area contributed by atoms with Crippen LogP contribution in [0.1, 0.15) is 0 Å². The molecule has 2 rings (SSSR count). The summed E-state index contributed by atoms with van der Waals surface area (Å²) in [5, 5.41) is 3.08. The summed E-state index contributed by atoms with van der Waals surface area (Å²) in [6, 6.07) is 2.04. The largest absolute Gasteiger partial charge is 0.339 e. The molecule has 1 aliphatic heterocycles. The Morgan fingerprint density at radius 3 is 2.26 bits per heavy atom. The van der Waals surface area contributed by atoms with Crippen molar-refractivity contribution in [1.29, 1.82) is 0 Å². The number of likely N-dealkylation sites (N-methyl/N-ethyl adjacent to an activating group) is 1. The Morgan fingerprint density at radius 2 is 1.74 bits per heavy atom. The van der Waals surface area contributed by atoms with E-state index in [2.05, 4.69) is 5.32 Å². The molecule has 0 bridgehead atoms. The third-order valence-corrected chi connectivity index (χ3v) is 5.15. The molecule has 1 aromatic carbocycles. The number of hydrogen-bond acceptors (Lipinski definition) is 4. The molecule has 6 nitrogen and oxygen atoms in total. The van der Waals surface area contributed by atoms with E-state index >= 15 is 0 Å². The van der Waals surface area contributed by atoms with Gasteiger partial charge in [0.2, 0.25) is 15.9 Å². The average molecular weight is 370 g/mol. The van der Waals surface area contributed by atoms with Crippen molar-refractivity contribution in [1.82, 2.24) is 14.5 Å². The van der Waals surface area contributed by atoms with Crippen LogP contribution in [0.15, 0.2) is 23.1 Å². The molecule has 1 aliphatic rings. The van der Waals surface area contributed by atoms with Crippen LogP contribution in [-0.2, 0) is 14.8 Å². The van der Waals surface area contributed by atoms with E-state index in [0.717, 1.165) is 16.4 Å². The summed E-state index contributed by atoms with van der Waals surface area (Å²) in [5.41, 5.74) is 0. The van der Waals surface area contributed by atoms with Gasteiger partial charge in [-0.05, 0) is 12.1 Å². The number of carbonyl (C=O) groups excluding carboxylic acids is 1. The van der Waals surface area contributed by atoms with Gasteiger partial charge in [-0.1, -0.05) is 0 Å². The Hall–Kier alpha value is -1.29. The van der Waals surface area contributed by atoms with E-state index in [1.807, 2.05) is 0 Å². The summed E-state index contributed by atoms with van der Waals surface area (Å²) in [4.78, 5) is 13.1. The van der Waals surface area contributed by atoms with Crippen LogP contribution in [0.3, 0.4) is 0 Å². The lowest BCUT2D eigenvalue weighted by atomic mass is 10.3.